The lowest BCUT2D eigenvalue weighted by molar-refractivity contribution is 0.0438. The second kappa shape index (κ2) is 5.72. The first-order valence-electron chi connectivity index (χ1n) is 6.73. The van der Waals surface area contributed by atoms with Crippen LogP contribution in [0, 0.1) is 0 Å². The van der Waals surface area contributed by atoms with E-state index in [2.05, 4.69) is 0 Å². The molecule has 1 fully saturated rings. The van der Waals surface area contributed by atoms with E-state index >= 15 is 0 Å². The SMILES string of the molecule is CC1(O)CCCN(C(=O)c2ccc(CO)cc2)CC1. The van der Waals surface area contributed by atoms with Crippen molar-refractivity contribution in [2.24, 2.45) is 0 Å². The third-order valence-corrected chi connectivity index (χ3v) is 3.73. The summed E-state index contributed by atoms with van der Waals surface area (Å²) < 4.78 is 0. The molecule has 1 aliphatic heterocycles. The van der Waals surface area contributed by atoms with Crippen LogP contribution in [0.3, 0.4) is 0 Å². The maximum atomic E-state index is 12.3. The number of carbonyl (C=O) groups excluding carboxylic acids is 1. The molecule has 4 nitrogen and oxygen atoms in total. The van der Waals surface area contributed by atoms with Crippen molar-refractivity contribution in [1.29, 1.82) is 0 Å². The van der Waals surface area contributed by atoms with Gasteiger partial charge < -0.3 is 15.1 Å². The van der Waals surface area contributed by atoms with Gasteiger partial charge >= 0.3 is 0 Å². The van der Waals surface area contributed by atoms with Crippen molar-refractivity contribution in [1.82, 2.24) is 4.90 Å². The van der Waals surface area contributed by atoms with Crippen molar-refractivity contribution in [3.8, 4) is 0 Å². The van der Waals surface area contributed by atoms with E-state index in [0.29, 0.717) is 25.1 Å². The zero-order chi connectivity index (χ0) is 13.9. The highest BCUT2D eigenvalue weighted by atomic mass is 16.3. The molecule has 4 heteroatoms. The van der Waals surface area contributed by atoms with Crippen LogP contribution in [-0.2, 0) is 6.61 Å². The Morgan fingerprint density at radius 3 is 2.58 bits per heavy atom. The van der Waals surface area contributed by atoms with Gasteiger partial charge in [0, 0.05) is 18.7 Å². The minimum absolute atomic E-state index is 0.00203. The Hall–Kier alpha value is -1.39. The predicted octanol–water partition coefficient (Wildman–Crippen LogP) is 1.56. The van der Waals surface area contributed by atoms with Crippen LogP contribution in [0.15, 0.2) is 24.3 Å². The lowest BCUT2D eigenvalue weighted by Gasteiger charge is -2.22. The number of aliphatic hydroxyl groups is 2. The van der Waals surface area contributed by atoms with Gasteiger partial charge in [0.05, 0.1) is 12.2 Å². The third kappa shape index (κ3) is 3.55. The summed E-state index contributed by atoms with van der Waals surface area (Å²) in [7, 11) is 0. The molecule has 1 unspecified atom stereocenters. The molecule has 0 radical (unpaired) electrons. The van der Waals surface area contributed by atoms with Crippen LogP contribution in [0.25, 0.3) is 0 Å². The first kappa shape index (κ1) is 14.0. The highest BCUT2D eigenvalue weighted by molar-refractivity contribution is 5.94. The molecule has 2 N–H and O–H groups in total. The van der Waals surface area contributed by atoms with Crippen LogP contribution in [0.1, 0.15) is 42.1 Å². The first-order chi connectivity index (χ1) is 9.02. The van der Waals surface area contributed by atoms with Crippen molar-refractivity contribution in [3.63, 3.8) is 0 Å². The number of likely N-dealkylation sites (tertiary alicyclic amines) is 1. The van der Waals surface area contributed by atoms with Gasteiger partial charge in [-0.05, 0) is 43.9 Å². The van der Waals surface area contributed by atoms with E-state index in [1.807, 2.05) is 6.92 Å². The minimum Gasteiger partial charge on any atom is -0.392 e. The highest BCUT2D eigenvalue weighted by Gasteiger charge is 2.27. The van der Waals surface area contributed by atoms with Gasteiger partial charge in [0.15, 0.2) is 0 Å². The Kier molecular flexibility index (Phi) is 4.22. The van der Waals surface area contributed by atoms with Crippen LogP contribution < -0.4 is 0 Å². The summed E-state index contributed by atoms with van der Waals surface area (Å²) in [5.41, 5.74) is 0.782. The average Bonchev–Trinajstić information content (AvgIpc) is 2.59. The Morgan fingerprint density at radius 2 is 1.95 bits per heavy atom. The Bertz CT molecular complexity index is 439. The maximum absolute atomic E-state index is 12.3. The van der Waals surface area contributed by atoms with Crippen molar-refractivity contribution in [2.75, 3.05) is 13.1 Å². The van der Waals surface area contributed by atoms with Crippen molar-refractivity contribution >= 4 is 5.91 Å². The zero-order valence-corrected chi connectivity index (χ0v) is 11.3. The fourth-order valence-electron chi connectivity index (χ4n) is 2.40. The van der Waals surface area contributed by atoms with E-state index in [-0.39, 0.29) is 12.5 Å². The quantitative estimate of drug-likeness (QED) is 0.851. The Labute approximate surface area is 113 Å². The van der Waals surface area contributed by atoms with E-state index in [1.165, 1.54) is 0 Å². The lowest BCUT2D eigenvalue weighted by atomic mass is 9.98. The van der Waals surface area contributed by atoms with E-state index in [9.17, 15) is 9.90 Å². The van der Waals surface area contributed by atoms with Gasteiger partial charge in [-0.25, -0.2) is 0 Å². The molecule has 104 valence electrons. The molecule has 19 heavy (non-hydrogen) atoms. The molecule has 2 rings (SSSR count). The number of rotatable bonds is 2. The van der Waals surface area contributed by atoms with E-state index in [0.717, 1.165) is 18.4 Å². The van der Waals surface area contributed by atoms with Gasteiger partial charge in [0.2, 0.25) is 0 Å². The van der Waals surface area contributed by atoms with Gasteiger partial charge in [0.1, 0.15) is 0 Å². The first-order valence-corrected chi connectivity index (χ1v) is 6.73. The Morgan fingerprint density at radius 1 is 1.26 bits per heavy atom. The third-order valence-electron chi connectivity index (χ3n) is 3.73. The lowest BCUT2D eigenvalue weighted by Crippen LogP contribution is -2.33. The summed E-state index contributed by atoms with van der Waals surface area (Å²) in [5, 5.41) is 19.0. The van der Waals surface area contributed by atoms with Gasteiger partial charge in [-0.2, -0.15) is 0 Å². The fraction of sp³-hybridized carbons (Fsp3) is 0.533. The minimum atomic E-state index is -0.657. The fourth-order valence-corrected chi connectivity index (χ4v) is 2.40. The van der Waals surface area contributed by atoms with E-state index in [1.54, 1.807) is 29.2 Å². The standard InChI is InChI=1S/C15H21NO3/c1-15(19)7-2-9-16(10-8-15)14(18)13-5-3-12(11-17)4-6-13/h3-6,17,19H,2,7-11H2,1H3. The van der Waals surface area contributed by atoms with Crippen molar-refractivity contribution in [3.05, 3.63) is 35.4 Å². The van der Waals surface area contributed by atoms with Gasteiger partial charge in [-0.3, -0.25) is 4.79 Å². The average molecular weight is 263 g/mol. The molecule has 1 atom stereocenters. The predicted molar refractivity (Wildman–Crippen MR) is 72.7 cm³/mol. The molecule has 1 heterocycles. The number of aliphatic hydroxyl groups excluding tert-OH is 1. The summed E-state index contributed by atoms with van der Waals surface area (Å²) in [6, 6.07) is 7.02. The topological polar surface area (TPSA) is 60.8 Å². The van der Waals surface area contributed by atoms with Crippen LogP contribution in [-0.4, -0.2) is 39.7 Å². The van der Waals surface area contributed by atoms with E-state index < -0.39 is 5.60 Å². The number of carbonyl (C=O) groups is 1. The molecule has 1 aromatic carbocycles. The summed E-state index contributed by atoms with van der Waals surface area (Å²) in [5.74, 6) is 0.00203. The molecule has 0 bridgehead atoms. The van der Waals surface area contributed by atoms with Crippen LogP contribution in [0.5, 0.6) is 0 Å². The number of nitrogens with zero attached hydrogens (tertiary/aromatic N) is 1. The van der Waals surface area contributed by atoms with Crippen LogP contribution in [0.2, 0.25) is 0 Å². The molecule has 1 aromatic rings. The van der Waals surface area contributed by atoms with Gasteiger partial charge in [-0.1, -0.05) is 12.1 Å². The second-order valence-electron chi connectivity index (χ2n) is 5.50. The molecular weight excluding hydrogens is 242 g/mol. The molecule has 1 saturated heterocycles. The molecule has 0 spiro atoms. The van der Waals surface area contributed by atoms with Crippen LogP contribution >= 0.6 is 0 Å². The summed E-state index contributed by atoms with van der Waals surface area (Å²) >= 11 is 0. The summed E-state index contributed by atoms with van der Waals surface area (Å²) in [4.78, 5) is 14.1. The zero-order valence-electron chi connectivity index (χ0n) is 11.3. The normalized spacial score (nSPS) is 24.1. The molecule has 1 amide bonds. The van der Waals surface area contributed by atoms with Crippen molar-refractivity contribution in [2.45, 2.75) is 38.4 Å². The highest BCUT2D eigenvalue weighted by Crippen LogP contribution is 2.22. The van der Waals surface area contributed by atoms with Crippen LogP contribution in [0.4, 0.5) is 0 Å². The molecular formula is C15H21NO3. The van der Waals surface area contributed by atoms with E-state index in [4.69, 9.17) is 5.11 Å². The van der Waals surface area contributed by atoms with Crippen molar-refractivity contribution < 1.29 is 15.0 Å². The smallest absolute Gasteiger partial charge is 0.253 e. The summed E-state index contributed by atoms with van der Waals surface area (Å²) in [6.07, 6.45) is 2.18. The maximum Gasteiger partial charge on any atom is 0.253 e. The largest absolute Gasteiger partial charge is 0.392 e. The number of amides is 1. The molecule has 0 aliphatic carbocycles. The number of benzene rings is 1. The Balaban J connectivity index is 2.06. The van der Waals surface area contributed by atoms with Gasteiger partial charge in [-0.15, -0.1) is 0 Å². The second-order valence-corrected chi connectivity index (χ2v) is 5.50. The monoisotopic (exact) mass is 263 g/mol. The number of hydrogen-bond donors (Lipinski definition) is 2. The molecule has 1 aliphatic rings. The van der Waals surface area contributed by atoms with Gasteiger partial charge in [0.25, 0.3) is 5.91 Å². The molecule has 0 saturated carbocycles. The molecule has 0 aromatic heterocycles. The summed E-state index contributed by atoms with van der Waals surface area (Å²) in [6.45, 7) is 3.10. The number of hydrogen-bond acceptors (Lipinski definition) is 3.